The number of ether oxygens (including phenoxy) is 3. The third kappa shape index (κ3) is 3.95. The Morgan fingerprint density at radius 3 is 2.41 bits per heavy atom. The van der Waals surface area contributed by atoms with E-state index in [1.807, 2.05) is 13.0 Å². The Balaban J connectivity index is 1.87. The van der Waals surface area contributed by atoms with Gasteiger partial charge in [0.05, 0.1) is 18.8 Å². The Bertz CT molecular complexity index is 956. The van der Waals surface area contributed by atoms with Crippen molar-refractivity contribution in [2.45, 2.75) is 20.5 Å². The van der Waals surface area contributed by atoms with Crippen LogP contribution in [0.25, 0.3) is 11.0 Å². The van der Waals surface area contributed by atoms with E-state index in [0.29, 0.717) is 34.5 Å². The zero-order valence-corrected chi connectivity index (χ0v) is 15.2. The van der Waals surface area contributed by atoms with Gasteiger partial charge >= 0.3 is 11.9 Å². The van der Waals surface area contributed by atoms with Gasteiger partial charge in [0, 0.05) is 5.39 Å². The molecule has 0 aliphatic heterocycles. The van der Waals surface area contributed by atoms with E-state index < -0.39 is 11.9 Å². The predicted molar refractivity (Wildman–Crippen MR) is 98.9 cm³/mol. The SMILES string of the molecule is CCOC(=O)c1oc2ccccc2c1COC(=O)c1ccccc1OCC. The molecule has 0 unspecified atom stereocenters. The van der Waals surface area contributed by atoms with Crippen LogP contribution < -0.4 is 4.74 Å². The minimum atomic E-state index is -0.588. The highest BCUT2D eigenvalue weighted by molar-refractivity contribution is 5.97. The lowest BCUT2D eigenvalue weighted by Gasteiger charge is -2.10. The van der Waals surface area contributed by atoms with Gasteiger partial charge in [-0.15, -0.1) is 0 Å². The molecule has 140 valence electrons. The topological polar surface area (TPSA) is 75.0 Å². The molecule has 0 fully saturated rings. The second-order valence-corrected chi connectivity index (χ2v) is 5.63. The summed E-state index contributed by atoms with van der Waals surface area (Å²) < 4.78 is 21.6. The lowest BCUT2D eigenvalue weighted by atomic mass is 10.1. The molecule has 0 radical (unpaired) electrons. The first-order chi connectivity index (χ1) is 13.2. The molecular weight excluding hydrogens is 348 g/mol. The zero-order chi connectivity index (χ0) is 19.2. The Morgan fingerprint density at radius 1 is 0.889 bits per heavy atom. The van der Waals surface area contributed by atoms with E-state index in [4.69, 9.17) is 18.6 Å². The van der Waals surface area contributed by atoms with Crippen LogP contribution in [0.1, 0.15) is 40.3 Å². The summed E-state index contributed by atoms with van der Waals surface area (Å²) in [5.74, 6) is -0.634. The van der Waals surface area contributed by atoms with Crippen LogP contribution in [0.5, 0.6) is 5.75 Å². The first-order valence-electron chi connectivity index (χ1n) is 8.72. The number of furan rings is 1. The summed E-state index contributed by atoms with van der Waals surface area (Å²) in [5, 5.41) is 0.700. The van der Waals surface area contributed by atoms with Crippen LogP contribution in [-0.4, -0.2) is 25.2 Å². The van der Waals surface area contributed by atoms with Crippen molar-refractivity contribution in [1.29, 1.82) is 0 Å². The first-order valence-corrected chi connectivity index (χ1v) is 8.72. The molecule has 0 amide bonds. The Labute approximate surface area is 156 Å². The normalized spacial score (nSPS) is 10.6. The Kier molecular flexibility index (Phi) is 5.76. The van der Waals surface area contributed by atoms with Crippen molar-refractivity contribution < 1.29 is 28.2 Å². The van der Waals surface area contributed by atoms with Crippen molar-refractivity contribution in [3.8, 4) is 5.75 Å². The molecule has 27 heavy (non-hydrogen) atoms. The van der Waals surface area contributed by atoms with Crippen molar-refractivity contribution in [3.63, 3.8) is 0 Å². The highest BCUT2D eigenvalue weighted by Gasteiger charge is 2.23. The fourth-order valence-electron chi connectivity index (χ4n) is 2.74. The lowest BCUT2D eigenvalue weighted by Crippen LogP contribution is -2.11. The van der Waals surface area contributed by atoms with Crippen LogP contribution in [0.4, 0.5) is 0 Å². The largest absolute Gasteiger partial charge is 0.493 e. The molecule has 1 heterocycles. The maximum atomic E-state index is 12.5. The fourth-order valence-corrected chi connectivity index (χ4v) is 2.74. The summed E-state index contributed by atoms with van der Waals surface area (Å²) in [6.07, 6.45) is 0. The van der Waals surface area contributed by atoms with Gasteiger partial charge in [-0.25, -0.2) is 9.59 Å². The molecule has 0 spiro atoms. The summed E-state index contributed by atoms with van der Waals surface area (Å²) in [5.41, 5.74) is 1.33. The minimum absolute atomic E-state index is 0.0453. The number of para-hydroxylation sites is 2. The van der Waals surface area contributed by atoms with E-state index in [1.54, 1.807) is 49.4 Å². The number of esters is 2. The van der Waals surface area contributed by atoms with E-state index in [2.05, 4.69) is 0 Å². The monoisotopic (exact) mass is 368 g/mol. The smallest absolute Gasteiger partial charge is 0.374 e. The van der Waals surface area contributed by atoms with Crippen LogP contribution in [-0.2, 0) is 16.1 Å². The third-order valence-electron chi connectivity index (χ3n) is 3.91. The van der Waals surface area contributed by atoms with Gasteiger partial charge < -0.3 is 18.6 Å². The quantitative estimate of drug-likeness (QED) is 0.577. The molecule has 0 N–H and O–H groups in total. The number of hydrogen-bond acceptors (Lipinski definition) is 6. The molecule has 3 rings (SSSR count). The molecule has 0 atom stereocenters. The highest BCUT2D eigenvalue weighted by Crippen LogP contribution is 2.28. The summed E-state index contributed by atoms with van der Waals surface area (Å²) >= 11 is 0. The molecule has 0 saturated carbocycles. The molecule has 2 aromatic carbocycles. The van der Waals surface area contributed by atoms with Gasteiger partial charge in [0.25, 0.3) is 0 Å². The number of hydrogen-bond donors (Lipinski definition) is 0. The number of rotatable bonds is 7. The van der Waals surface area contributed by atoms with Crippen molar-refractivity contribution in [2.24, 2.45) is 0 Å². The van der Waals surface area contributed by atoms with E-state index in [-0.39, 0.29) is 19.0 Å². The molecule has 0 aliphatic carbocycles. The molecule has 0 bridgehead atoms. The first kappa shape index (κ1) is 18.5. The van der Waals surface area contributed by atoms with Crippen LogP contribution in [0.3, 0.4) is 0 Å². The second-order valence-electron chi connectivity index (χ2n) is 5.63. The average molecular weight is 368 g/mol. The van der Waals surface area contributed by atoms with Gasteiger partial charge in [0.15, 0.2) is 0 Å². The van der Waals surface area contributed by atoms with E-state index >= 15 is 0 Å². The van der Waals surface area contributed by atoms with Gasteiger partial charge in [-0.3, -0.25) is 0 Å². The van der Waals surface area contributed by atoms with Crippen LogP contribution in [0.15, 0.2) is 52.9 Å². The van der Waals surface area contributed by atoms with Crippen molar-refractivity contribution in [1.82, 2.24) is 0 Å². The standard InChI is InChI=1S/C21H20O6/c1-3-24-17-11-7-6-10-15(17)20(22)26-13-16-14-9-5-8-12-18(14)27-19(16)21(23)25-4-2/h5-12H,3-4,13H2,1-2H3. The summed E-state index contributed by atoms with van der Waals surface area (Å²) in [4.78, 5) is 24.7. The van der Waals surface area contributed by atoms with E-state index in [9.17, 15) is 9.59 Å². The molecule has 6 heteroatoms. The molecule has 6 nitrogen and oxygen atoms in total. The summed E-state index contributed by atoms with van der Waals surface area (Å²) in [6, 6.07) is 14.0. The van der Waals surface area contributed by atoms with Gasteiger partial charge in [-0.2, -0.15) is 0 Å². The van der Waals surface area contributed by atoms with Gasteiger partial charge in [-0.05, 0) is 32.0 Å². The molecule has 3 aromatic rings. The Hall–Kier alpha value is -3.28. The van der Waals surface area contributed by atoms with Gasteiger partial charge in [-0.1, -0.05) is 30.3 Å². The van der Waals surface area contributed by atoms with Crippen LogP contribution >= 0.6 is 0 Å². The molecular formula is C21H20O6. The average Bonchev–Trinajstić information content (AvgIpc) is 3.06. The van der Waals surface area contributed by atoms with Crippen molar-refractivity contribution >= 4 is 22.9 Å². The maximum Gasteiger partial charge on any atom is 0.374 e. The number of carbonyl (C=O) groups excluding carboxylic acids is 2. The second kappa shape index (κ2) is 8.40. The Morgan fingerprint density at radius 2 is 1.63 bits per heavy atom. The minimum Gasteiger partial charge on any atom is -0.493 e. The van der Waals surface area contributed by atoms with E-state index in [1.165, 1.54) is 0 Å². The summed E-state index contributed by atoms with van der Waals surface area (Å²) in [7, 11) is 0. The van der Waals surface area contributed by atoms with Crippen molar-refractivity contribution in [2.75, 3.05) is 13.2 Å². The number of benzene rings is 2. The predicted octanol–water partition coefficient (Wildman–Crippen LogP) is 4.37. The lowest BCUT2D eigenvalue weighted by molar-refractivity contribution is 0.0432. The third-order valence-corrected chi connectivity index (χ3v) is 3.91. The maximum absolute atomic E-state index is 12.5. The van der Waals surface area contributed by atoms with Crippen LogP contribution in [0.2, 0.25) is 0 Å². The fraction of sp³-hybridized carbons (Fsp3) is 0.238. The highest BCUT2D eigenvalue weighted by atomic mass is 16.5. The number of carbonyl (C=O) groups is 2. The summed E-state index contributed by atoms with van der Waals surface area (Å²) in [6.45, 7) is 4.08. The van der Waals surface area contributed by atoms with Crippen molar-refractivity contribution in [3.05, 3.63) is 65.4 Å². The molecule has 0 aliphatic rings. The zero-order valence-electron chi connectivity index (χ0n) is 15.2. The van der Waals surface area contributed by atoms with E-state index in [0.717, 1.165) is 0 Å². The molecule has 0 saturated heterocycles. The molecule has 1 aromatic heterocycles. The van der Waals surface area contributed by atoms with Crippen LogP contribution in [0, 0.1) is 0 Å². The van der Waals surface area contributed by atoms with Gasteiger partial charge in [0.1, 0.15) is 23.5 Å². The number of fused-ring (bicyclic) bond motifs is 1. The van der Waals surface area contributed by atoms with Gasteiger partial charge in [0.2, 0.25) is 5.76 Å².